The van der Waals surface area contributed by atoms with E-state index in [0.717, 1.165) is 27.6 Å². The highest BCUT2D eigenvalue weighted by Crippen LogP contribution is 2.49. The average Bonchev–Trinajstić information content (AvgIpc) is 2.97. The largest absolute Gasteiger partial charge is 0.325 e. The lowest BCUT2D eigenvalue weighted by Gasteiger charge is -2.21. The van der Waals surface area contributed by atoms with Gasteiger partial charge in [0.25, 0.3) is 0 Å². The Balaban J connectivity index is 1.61. The molecule has 0 radical (unpaired) electrons. The molecular weight excluding hydrogens is 302 g/mol. The molecule has 0 aromatic heterocycles. The molecule has 2 aliphatic carbocycles. The molecule has 3 rings (SSSR count). The van der Waals surface area contributed by atoms with Gasteiger partial charge in [-0.1, -0.05) is 18.6 Å². The normalized spacial score (nSPS) is 28.6. The molecule has 2 aliphatic rings. The summed E-state index contributed by atoms with van der Waals surface area (Å²) in [5.74, 6) is 2.52. The van der Waals surface area contributed by atoms with Gasteiger partial charge < -0.3 is 5.32 Å². The third-order valence-electron chi connectivity index (χ3n) is 4.80. The number of amides is 1. The molecule has 19 heavy (non-hydrogen) atoms. The number of halogens is 1. The van der Waals surface area contributed by atoms with E-state index in [-0.39, 0.29) is 5.91 Å². The topological polar surface area (TPSA) is 29.1 Å². The van der Waals surface area contributed by atoms with E-state index in [9.17, 15) is 4.79 Å². The summed E-state index contributed by atoms with van der Waals surface area (Å²) in [7, 11) is 0. The molecule has 0 heterocycles. The summed E-state index contributed by atoms with van der Waals surface area (Å²) in [6, 6.07) is 5.97. The first-order valence-electron chi connectivity index (χ1n) is 7.18. The highest BCUT2D eigenvalue weighted by molar-refractivity contribution is 9.10. The highest BCUT2D eigenvalue weighted by Gasteiger charge is 2.40. The summed E-state index contributed by atoms with van der Waals surface area (Å²) in [4.78, 5) is 12.2. The van der Waals surface area contributed by atoms with Crippen LogP contribution in [0.2, 0.25) is 0 Å². The Bertz CT molecular complexity index is 500. The van der Waals surface area contributed by atoms with E-state index in [0.29, 0.717) is 12.3 Å². The molecule has 2 nitrogen and oxygen atoms in total. The van der Waals surface area contributed by atoms with Gasteiger partial charge in [-0.25, -0.2) is 0 Å². The quantitative estimate of drug-likeness (QED) is 0.871. The third-order valence-corrected chi connectivity index (χ3v) is 5.85. The van der Waals surface area contributed by atoms with Crippen molar-refractivity contribution in [2.75, 3.05) is 5.32 Å². The molecule has 1 aromatic rings. The number of benzene rings is 1. The van der Waals surface area contributed by atoms with Gasteiger partial charge in [0.1, 0.15) is 0 Å². The Morgan fingerprint density at radius 1 is 1.37 bits per heavy atom. The first-order chi connectivity index (χ1) is 9.13. The van der Waals surface area contributed by atoms with E-state index in [1.54, 1.807) is 0 Å². The smallest absolute Gasteiger partial charge is 0.224 e. The van der Waals surface area contributed by atoms with E-state index in [4.69, 9.17) is 0 Å². The summed E-state index contributed by atoms with van der Waals surface area (Å²) in [5.41, 5.74) is 2.05. The van der Waals surface area contributed by atoms with Crippen LogP contribution in [0.3, 0.4) is 0 Å². The maximum absolute atomic E-state index is 12.2. The molecule has 1 N–H and O–H groups in total. The van der Waals surface area contributed by atoms with Crippen molar-refractivity contribution in [3.05, 3.63) is 28.2 Å². The summed E-state index contributed by atoms with van der Waals surface area (Å²) < 4.78 is 0.997. The first kappa shape index (κ1) is 13.2. The zero-order valence-electron chi connectivity index (χ0n) is 11.3. The number of rotatable bonds is 3. The van der Waals surface area contributed by atoms with Gasteiger partial charge in [-0.05, 0) is 71.5 Å². The van der Waals surface area contributed by atoms with Crippen LogP contribution in [-0.4, -0.2) is 5.91 Å². The van der Waals surface area contributed by atoms with Crippen LogP contribution in [0.4, 0.5) is 5.69 Å². The lowest BCUT2D eigenvalue weighted by Crippen LogP contribution is -2.20. The van der Waals surface area contributed by atoms with E-state index in [2.05, 4.69) is 21.2 Å². The predicted octanol–water partition coefficient (Wildman–Crippen LogP) is 4.52. The van der Waals surface area contributed by atoms with Crippen molar-refractivity contribution in [1.29, 1.82) is 0 Å². The van der Waals surface area contributed by atoms with Gasteiger partial charge in [0.05, 0.1) is 5.69 Å². The van der Waals surface area contributed by atoms with Gasteiger partial charge in [0.2, 0.25) is 5.91 Å². The third kappa shape index (κ3) is 2.71. The minimum atomic E-state index is 0.170. The molecule has 1 aromatic carbocycles. The van der Waals surface area contributed by atoms with Crippen LogP contribution in [-0.2, 0) is 4.79 Å². The number of hydrogen-bond donors (Lipinski definition) is 1. The Morgan fingerprint density at radius 2 is 2.21 bits per heavy atom. The van der Waals surface area contributed by atoms with Crippen LogP contribution in [0.1, 0.15) is 37.7 Å². The summed E-state index contributed by atoms with van der Waals surface area (Å²) in [5, 5.41) is 3.05. The van der Waals surface area contributed by atoms with Crippen molar-refractivity contribution < 1.29 is 4.79 Å². The SMILES string of the molecule is Cc1cccc(NC(=O)CC2CC3CCC2C3)c1Br. The number of aryl methyl sites for hydroxylation is 1. The second-order valence-corrected chi connectivity index (χ2v) is 6.92. The van der Waals surface area contributed by atoms with Crippen molar-refractivity contribution in [2.45, 2.75) is 39.0 Å². The predicted molar refractivity (Wildman–Crippen MR) is 81.1 cm³/mol. The van der Waals surface area contributed by atoms with Gasteiger partial charge in [0, 0.05) is 10.9 Å². The maximum atomic E-state index is 12.2. The van der Waals surface area contributed by atoms with Crippen LogP contribution in [0.5, 0.6) is 0 Å². The van der Waals surface area contributed by atoms with Crippen LogP contribution < -0.4 is 5.32 Å². The lowest BCUT2D eigenvalue weighted by molar-refractivity contribution is -0.117. The van der Waals surface area contributed by atoms with Gasteiger partial charge in [0.15, 0.2) is 0 Å². The van der Waals surface area contributed by atoms with E-state index in [1.165, 1.54) is 25.7 Å². The Morgan fingerprint density at radius 3 is 2.89 bits per heavy atom. The van der Waals surface area contributed by atoms with Crippen molar-refractivity contribution in [2.24, 2.45) is 17.8 Å². The van der Waals surface area contributed by atoms with Crippen molar-refractivity contribution in [3.63, 3.8) is 0 Å². The summed E-state index contributed by atoms with van der Waals surface area (Å²) in [6.07, 6.45) is 6.07. The number of nitrogens with one attached hydrogen (secondary N) is 1. The minimum Gasteiger partial charge on any atom is -0.325 e. The molecule has 102 valence electrons. The average molecular weight is 322 g/mol. The zero-order valence-corrected chi connectivity index (χ0v) is 12.9. The summed E-state index contributed by atoms with van der Waals surface area (Å²) >= 11 is 3.54. The molecule has 3 atom stereocenters. The molecule has 2 bridgehead atoms. The Hall–Kier alpha value is -0.830. The van der Waals surface area contributed by atoms with Crippen LogP contribution >= 0.6 is 15.9 Å². The van der Waals surface area contributed by atoms with Crippen molar-refractivity contribution in [3.8, 4) is 0 Å². The molecule has 0 spiro atoms. The van der Waals surface area contributed by atoms with Gasteiger partial charge in [-0.3, -0.25) is 4.79 Å². The van der Waals surface area contributed by atoms with E-state index in [1.807, 2.05) is 25.1 Å². The van der Waals surface area contributed by atoms with Crippen molar-refractivity contribution >= 4 is 27.5 Å². The molecule has 0 saturated heterocycles. The number of anilines is 1. The number of fused-ring (bicyclic) bond motifs is 2. The van der Waals surface area contributed by atoms with Gasteiger partial charge in [-0.15, -0.1) is 0 Å². The monoisotopic (exact) mass is 321 g/mol. The first-order valence-corrected chi connectivity index (χ1v) is 7.97. The van der Waals surface area contributed by atoms with E-state index >= 15 is 0 Å². The molecular formula is C16H20BrNO. The second kappa shape index (κ2) is 5.28. The van der Waals surface area contributed by atoms with Crippen LogP contribution in [0.15, 0.2) is 22.7 Å². The van der Waals surface area contributed by atoms with Crippen LogP contribution in [0.25, 0.3) is 0 Å². The molecule has 2 fully saturated rings. The van der Waals surface area contributed by atoms with E-state index < -0.39 is 0 Å². The fourth-order valence-corrected chi connectivity index (χ4v) is 4.17. The number of hydrogen-bond acceptors (Lipinski definition) is 1. The Kier molecular flexibility index (Phi) is 3.66. The fourth-order valence-electron chi connectivity index (χ4n) is 3.81. The summed E-state index contributed by atoms with van der Waals surface area (Å²) in [6.45, 7) is 2.04. The Labute approximate surface area is 123 Å². The number of carbonyl (C=O) groups excluding carboxylic acids is 1. The number of carbonyl (C=O) groups is 1. The molecule has 3 unspecified atom stereocenters. The molecule has 0 aliphatic heterocycles. The minimum absolute atomic E-state index is 0.170. The van der Waals surface area contributed by atoms with Crippen LogP contribution in [0, 0.1) is 24.7 Å². The fraction of sp³-hybridized carbons (Fsp3) is 0.562. The second-order valence-electron chi connectivity index (χ2n) is 6.12. The van der Waals surface area contributed by atoms with Gasteiger partial charge >= 0.3 is 0 Å². The lowest BCUT2D eigenvalue weighted by atomic mass is 9.86. The standard InChI is InChI=1S/C16H20BrNO/c1-10-3-2-4-14(16(10)17)18-15(19)9-13-8-11-5-6-12(13)7-11/h2-4,11-13H,5-9H2,1H3,(H,18,19). The zero-order chi connectivity index (χ0) is 13.4. The van der Waals surface area contributed by atoms with Gasteiger partial charge in [-0.2, -0.15) is 0 Å². The van der Waals surface area contributed by atoms with Crippen molar-refractivity contribution in [1.82, 2.24) is 0 Å². The highest BCUT2D eigenvalue weighted by atomic mass is 79.9. The molecule has 3 heteroatoms. The maximum Gasteiger partial charge on any atom is 0.224 e. The molecule has 1 amide bonds. The molecule has 2 saturated carbocycles.